The van der Waals surface area contributed by atoms with Crippen molar-refractivity contribution in [1.82, 2.24) is 5.32 Å². The predicted octanol–water partition coefficient (Wildman–Crippen LogP) is 3.21. The Hall–Kier alpha value is -0.780. The van der Waals surface area contributed by atoms with Crippen molar-refractivity contribution in [2.45, 2.75) is 25.8 Å². The van der Waals surface area contributed by atoms with Crippen molar-refractivity contribution in [3.63, 3.8) is 0 Å². The first-order chi connectivity index (χ1) is 7.65. The van der Waals surface area contributed by atoms with Gasteiger partial charge in [0, 0.05) is 15.3 Å². The molecular formula is C12H15IN2O. The lowest BCUT2D eigenvalue weighted by molar-refractivity contribution is 0.248. The lowest BCUT2D eigenvalue weighted by Gasteiger charge is -2.13. The van der Waals surface area contributed by atoms with E-state index in [4.69, 9.17) is 0 Å². The third kappa shape index (κ3) is 3.37. The molecule has 2 rings (SSSR count). The van der Waals surface area contributed by atoms with E-state index in [1.54, 1.807) is 0 Å². The Kier molecular flexibility index (Phi) is 3.68. The number of anilines is 1. The molecule has 0 bridgehead atoms. The lowest BCUT2D eigenvalue weighted by atomic mass is 10.2. The highest BCUT2D eigenvalue weighted by atomic mass is 127. The van der Waals surface area contributed by atoms with Crippen LogP contribution in [0.2, 0.25) is 0 Å². The number of hydrogen-bond donors (Lipinski definition) is 2. The number of carbonyl (C=O) groups is 1. The summed E-state index contributed by atoms with van der Waals surface area (Å²) in [5, 5.41) is 5.78. The van der Waals surface area contributed by atoms with Gasteiger partial charge in [-0.2, -0.15) is 0 Å². The Balaban J connectivity index is 1.84. The molecule has 0 aromatic heterocycles. The van der Waals surface area contributed by atoms with Gasteiger partial charge in [-0.3, -0.25) is 0 Å². The Bertz CT molecular complexity index is 373. The highest BCUT2D eigenvalue weighted by molar-refractivity contribution is 14.1. The Morgan fingerprint density at radius 2 is 2.00 bits per heavy atom. The van der Waals surface area contributed by atoms with Crippen LogP contribution in [-0.4, -0.2) is 12.1 Å². The van der Waals surface area contributed by atoms with E-state index < -0.39 is 0 Å². The van der Waals surface area contributed by atoms with Gasteiger partial charge >= 0.3 is 6.03 Å². The molecule has 86 valence electrons. The predicted molar refractivity (Wildman–Crippen MR) is 73.5 cm³/mol. The molecular weight excluding hydrogens is 315 g/mol. The maximum atomic E-state index is 11.6. The summed E-state index contributed by atoms with van der Waals surface area (Å²) >= 11 is 2.24. The monoisotopic (exact) mass is 330 g/mol. The van der Waals surface area contributed by atoms with E-state index in [2.05, 4.69) is 40.1 Å². The van der Waals surface area contributed by atoms with E-state index in [1.165, 1.54) is 12.8 Å². The van der Waals surface area contributed by atoms with Gasteiger partial charge in [0.15, 0.2) is 0 Å². The van der Waals surface area contributed by atoms with Crippen LogP contribution in [0.3, 0.4) is 0 Å². The van der Waals surface area contributed by atoms with Gasteiger partial charge in [0.25, 0.3) is 0 Å². The first-order valence-corrected chi connectivity index (χ1v) is 6.56. The lowest BCUT2D eigenvalue weighted by Crippen LogP contribution is -2.37. The molecule has 2 N–H and O–H groups in total. The summed E-state index contributed by atoms with van der Waals surface area (Å²) in [7, 11) is 0. The van der Waals surface area contributed by atoms with Crippen molar-refractivity contribution in [2.24, 2.45) is 5.92 Å². The van der Waals surface area contributed by atoms with Gasteiger partial charge in [-0.1, -0.05) is 0 Å². The quantitative estimate of drug-likeness (QED) is 0.821. The van der Waals surface area contributed by atoms with Crippen molar-refractivity contribution in [3.05, 3.63) is 27.8 Å². The van der Waals surface area contributed by atoms with Crippen LogP contribution in [-0.2, 0) is 0 Å². The molecule has 16 heavy (non-hydrogen) atoms. The SMILES string of the molecule is CC(NC(=O)Nc1ccc(I)cc1)C1CC1. The van der Waals surface area contributed by atoms with Crippen LogP contribution in [0.4, 0.5) is 10.5 Å². The summed E-state index contributed by atoms with van der Waals surface area (Å²) in [6, 6.07) is 7.93. The van der Waals surface area contributed by atoms with Crippen LogP contribution in [0.5, 0.6) is 0 Å². The first kappa shape index (κ1) is 11.7. The molecule has 0 radical (unpaired) electrons. The van der Waals surface area contributed by atoms with E-state index in [-0.39, 0.29) is 12.1 Å². The number of urea groups is 1. The fraction of sp³-hybridized carbons (Fsp3) is 0.417. The van der Waals surface area contributed by atoms with E-state index in [0.717, 1.165) is 9.26 Å². The van der Waals surface area contributed by atoms with Crippen LogP contribution in [0.1, 0.15) is 19.8 Å². The van der Waals surface area contributed by atoms with Gasteiger partial charge in [0.05, 0.1) is 0 Å². The zero-order chi connectivity index (χ0) is 11.5. The van der Waals surface area contributed by atoms with E-state index in [9.17, 15) is 4.79 Å². The summed E-state index contributed by atoms with van der Waals surface area (Å²) < 4.78 is 1.16. The smallest absolute Gasteiger partial charge is 0.319 e. The zero-order valence-electron chi connectivity index (χ0n) is 9.16. The molecule has 3 nitrogen and oxygen atoms in total. The fourth-order valence-electron chi connectivity index (χ4n) is 1.62. The van der Waals surface area contributed by atoms with E-state index >= 15 is 0 Å². The maximum absolute atomic E-state index is 11.6. The number of hydrogen-bond acceptors (Lipinski definition) is 1. The zero-order valence-corrected chi connectivity index (χ0v) is 11.3. The molecule has 0 spiro atoms. The van der Waals surface area contributed by atoms with Crippen LogP contribution in [0, 0.1) is 9.49 Å². The Morgan fingerprint density at radius 3 is 2.56 bits per heavy atom. The number of nitrogens with one attached hydrogen (secondary N) is 2. The molecule has 1 aliphatic carbocycles. The highest BCUT2D eigenvalue weighted by Gasteiger charge is 2.28. The number of benzene rings is 1. The van der Waals surface area contributed by atoms with Gasteiger partial charge in [-0.25, -0.2) is 4.79 Å². The van der Waals surface area contributed by atoms with Gasteiger partial charge in [0.2, 0.25) is 0 Å². The second kappa shape index (κ2) is 5.03. The minimum absolute atomic E-state index is 0.111. The second-order valence-corrected chi connectivity index (χ2v) is 5.48. The number of carbonyl (C=O) groups excluding carboxylic acids is 1. The number of rotatable bonds is 3. The largest absolute Gasteiger partial charge is 0.335 e. The molecule has 0 saturated heterocycles. The molecule has 1 aromatic carbocycles. The van der Waals surface area contributed by atoms with E-state index in [0.29, 0.717) is 5.92 Å². The molecule has 1 fully saturated rings. The number of halogens is 1. The van der Waals surface area contributed by atoms with Crippen molar-refractivity contribution in [1.29, 1.82) is 0 Å². The van der Waals surface area contributed by atoms with Gasteiger partial charge in [-0.15, -0.1) is 0 Å². The van der Waals surface area contributed by atoms with Gasteiger partial charge in [-0.05, 0) is 72.5 Å². The van der Waals surface area contributed by atoms with Crippen molar-refractivity contribution < 1.29 is 4.79 Å². The molecule has 1 unspecified atom stereocenters. The van der Waals surface area contributed by atoms with Gasteiger partial charge < -0.3 is 10.6 Å². The molecule has 0 heterocycles. The molecule has 1 saturated carbocycles. The second-order valence-electron chi connectivity index (χ2n) is 4.23. The van der Waals surface area contributed by atoms with Crippen molar-refractivity contribution in [2.75, 3.05) is 5.32 Å². The topological polar surface area (TPSA) is 41.1 Å². The van der Waals surface area contributed by atoms with Crippen LogP contribution in [0.15, 0.2) is 24.3 Å². The summed E-state index contributed by atoms with van der Waals surface area (Å²) in [4.78, 5) is 11.6. The van der Waals surface area contributed by atoms with Crippen LogP contribution < -0.4 is 10.6 Å². The summed E-state index contributed by atoms with van der Waals surface area (Å²) in [6.07, 6.45) is 2.48. The Morgan fingerprint density at radius 1 is 1.38 bits per heavy atom. The molecule has 1 aromatic rings. The third-order valence-electron chi connectivity index (χ3n) is 2.79. The molecule has 1 aliphatic rings. The average Bonchev–Trinajstić information content (AvgIpc) is 3.04. The number of amides is 2. The maximum Gasteiger partial charge on any atom is 0.319 e. The van der Waals surface area contributed by atoms with Crippen LogP contribution in [0.25, 0.3) is 0 Å². The van der Waals surface area contributed by atoms with Gasteiger partial charge in [0.1, 0.15) is 0 Å². The molecule has 0 aliphatic heterocycles. The van der Waals surface area contributed by atoms with Crippen molar-refractivity contribution in [3.8, 4) is 0 Å². The summed E-state index contributed by atoms with van der Waals surface area (Å²) in [5.74, 6) is 0.683. The molecule has 2 amide bonds. The minimum Gasteiger partial charge on any atom is -0.335 e. The Labute approximate surface area is 109 Å². The summed E-state index contributed by atoms with van der Waals surface area (Å²) in [6.45, 7) is 2.06. The molecule has 1 atom stereocenters. The van der Waals surface area contributed by atoms with Crippen molar-refractivity contribution >= 4 is 34.3 Å². The minimum atomic E-state index is -0.111. The fourth-order valence-corrected chi connectivity index (χ4v) is 1.98. The van der Waals surface area contributed by atoms with E-state index in [1.807, 2.05) is 24.3 Å². The average molecular weight is 330 g/mol. The third-order valence-corrected chi connectivity index (χ3v) is 3.51. The standard InChI is InChI=1S/C12H15IN2O/c1-8(9-2-3-9)14-12(16)15-11-6-4-10(13)5-7-11/h4-9H,2-3H2,1H3,(H2,14,15,16). The van der Waals surface area contributed by atoms with Crippen LogP contribution >= 0.6 is 22.6 Å². The molecule has 4 heteroatoms. The normalized spacial score (nSPS) is 16.6. The first-order valence-electron chi connectivity index (χ1n) is 5.48. The summed E-state index contributed by atoms with van der Waals surface area (Å²) in [5.41, 5.74) is 0.834. The highest BCUT2D eigenvalue weighted by Crippen LogP contribution is 2.32.